The van der Waals surface area contributed by atoms with Crippen LogP contribution in [0.4, 0.5) is 5.69 Å². The van der Waals surface area contributed by atoms with Crippen LogP contribution in [-0.2, 0) is 4.79 Å². The summed E-state index contributed by atoms with van der Waals surface area (Å²) >= 11 is 0. The Morgan fingerprint density at radius 2 is 2.28 bits per heavy atom. The predicted molar refractivity (Wildman–Crippen MR) is 72.0 cm³/mol. The van der Waals surface area contributed by atoms with E-state index in [2.05, 4.69) is 10.6 Å². The molecule has 98 valence electrons. The Morgan fingerprint density at radius 1 is 1.44 bits per heavy atom. The molecule has 2 N–H and O–H groups in total. The topological polar surface area (TPSA) is 50.4 Å². The van der Waals surface area contributed by atoms with E-state index in [4.69, 9.17) is 4.74 Å². The van der Waals surface area contributed by atoms with Gasteiger partial charge in [0.05, 0.1) is 18.8 Å². The number of carbonyl (C=O) groups excluding carboxylic acids is 1. The second kappa shape index (κ2) is 5.87. The monoisotopic (exact) mass is 248 g/mol. The summed E-state index contributed by atoms with van der Waals surface area (Å²) in [5.74, 6) is 0.732. The van der Waals surface area contributed by atoms with Crippen LogP contribution in [0.15, 0.2) is 18.2 Å². The number of hydrogen-bond donors (Lipinski definition) is 2. The highest BCUT2D eigenvalue weighted by Gasteiger charge is 2.21. The van der Waals surface area contributed by atoms with Crippen LogP contribution in [0.2, 0.25) is 0 Å². The molecule has 4 nitrogen and oxygen atoms in total. The standard InChI is InChI=1S/C14H20N2O2/c1-10-6-7-11(13(9-10)18-2)16-14(17)12-5-3-4-8-15-12/h6-7,9,12,15H,3-5,8H2,1-2H3,(H,16,17). The zero-order chi connectivity index (χ0) is 13.0. The SMILES string of the molecule is COc1cc(C)ccc1NC(=O)C1CCCCN1. The molecule has 1 fully saturated rings. The first-order valence-corrected chi connectivity index (χ1v) is 6.39. The van der Waals surface area contributed by atoms with Gasteiger partial charge < -0.3 is 15.4 Å². The molecule has 0 aromatic heterocycles. The Kier molecular flexibility index (Phi) is 4.20. The zero-order valence-electron chi connectivity index (χ0n) is 11.0. The van der Waals surface area contributed by atoms with Crippen molar-refractivity contribution in [3.63, 3.8) is 0 Å². The number of piperidine rings is 1. The highest BCUT2D eigenvalue weighted by Crippen LogP contribution is 2.25. The summed E-state index contributed by atoms with van der Waals surface area (Å²) in [5, 5.41) is 6.17. The van der Waals surface area contributed by atoms with Crippen LogP contribution in [0.3, 0.4) is 0 Å². The first-order chi connectivity index (χ1) is 8.70. The second-order valence-electron chi connectivity index (χ2n) is 4.70. The average molecular weight is 248 g/mol. The van der Waals surface area contributed by atoms with Crippen molar-refractivity contribution in [2.75, 3.05) is 19.0 Å². The average Bonchev–Trinajstić information content (AvgIpc) is 2.41. The lowest BCUT2D eigenvalue weighted by Crippen LogP contribution is -2.43. The van der Waals surface area contributed by atoms with E-state index >= 15 is 0 Å². The number of amides is 1. The number of anilines is 1. The third-order valence-corrected chi connectivity index (χ3v) is 3.24. The Bertz CT molecular complexity index is 426. The molecule has 1 atom stereocenters. The van der Waals surface area contributed by atoms with Gasteiger partial charge in [0.2, 0.25) is 5.91 Å². The normalized spacial score (nSPS) is 19.3. The van der Waals surface area contributed by atoms with Gasteiger partial charge in [-0.3, -0.25) is 4.79 Å². The lowest BCUT2D eigenvalue weighted by atomic mass is 10.0. The molecule has 1 aliphatic heterocycles. The first-order valence-electron chi connectivity index (χ1n) is 6.39. The van der Waals surface area contributed by atoms with Gasteiger partial charge in [-0.2, -0.15) is 0 Å². The van der Waals surface area contributed by atoms with Crippen LogP contribution >= 0.6 is 0 Å². The van der Waals surface area contributed by atoms with E-state index in [0.717, 1.165) is 37.1 Å². The molecular formula is C14H20N2O2. The van der Waals surface area contributed by atoms with Gasteiger partial charge in [0.1, 0.15) is 5.75 Å². The minimum absolute atomic E-state index is 0.0249. The quantitative estimate of drug-likeness (QED) is 0.861. The Hall–Kier alpha value is -1.55. The smallest absolute Gasteiger partial charge is 0.241 e. The molecule has 1 amide bonds. The second-order valence-corrected chi connectivity index (χ2v) is 4.70. The summed E-state index contributed by atoms with van der Waals surface area (Å²) in [6.07, 6.45) is 3.16. The van der Waals surface area contributed by atoms with Crippen molar-refractivity contribution in [3.8, 4) is 5.75 Å². The molecule has 1 unspecified atom stereocenters. The lowest BCUT2D eigenvalue weighted by molar-refractivity contribution is -0.118. The van der Waals surface area contributed by atoms with Gasteiger partial charge >= 0.3 is 0 Å². The zero-order valence-corrected chi connectivity index (χ0v) is 11.0. The number of hydrogen-bond acceptors (Lipinski definition) is 3. The molecule has 2 rings (SSSR count). The van der Waals surface area contributed by atoms with Crippen molar-refractivity contribution in [1.82, 2.24) is 5.32 Å². The van der Waals surface area contributed by atoms with Crippen molar-refractivity contribution in [1.29, 1.82) is 0 Å². The Labute approximate surface area is 108 Å². The molecule has 1 aromatic rings. The van der Waals surface area contributed by atoms with Gasteiger partial charge in [0, 0.05) is 0 Å². The van der Waals surface area contributed by atoms with Crippen LogP contribution < -0.4 is 15.4 Å². The van der Waals surface area contributed by atoms with Crippen LogP contribution in [-0.4, -0.2) is 25.6 Å². The molecule has 0 aliphatic carbocycles. The van der Waals surface area contributed by atoms with Gasteiger partial charge in [-0.1, -0.05) is 12.5 Å². The van der Waals surface area contributed by atoms with E-state index in [1.807, 2.05) is 25.1 Å². The molecule has 0 saturated carbocycles. The highest BCUT2D eigenvalue weighted by molar-refractivity contribution is 5.96. The molecule has 1 heterocycles. The minimum atomic E-state index is -0.0789. The third kappa shape index (κ3) is 3.01. The van der Waals surface area contributed by atoms with E-state index in [0.29, 0.717) is 5.75 Å². The molecular weight excluding hydrogens is 228 g/mol. The molecule has 1 aliphatic rings. The van der Waals surface area contributed by atoms with Gasteiger partial charge in [-0.05, 0) is 44.0 Å². The van der Waals surface area contributed by atoms with Crippen molar-refractivity contribution in [2.45, 2.75) is 32.2 Å². The van der Waals surface area contributed by atoms with Crippen LogP contribution in [0.5, 0.6) is 5.75 Å². The Balaban J connectivity index is 2.06. The molecule has 4 heteroatoms. The van der Waals surface area contributed by atoms with Crippen LogP contribution in [0.25, 0.3) is 0 Å². The highest BCUT2D eigenvalue weighted by atomic mass is 16.5. The van der Waals surface area contributed by atoms with E-state index in [-0.39, 0.29) is 11.9 Å². The van der Waals surface area contributed by atoms with Crippen molar-refractivity contribution in [3.05, 3.63) is 23.8 Å². The molecule has 1 aromatic carbocycles. The maximum absolute atomic E-state index is 12.1. The van der Waals surface area contributed by atoms with Crippen LogP contribution in [0, 0.1) is 6.92 Å². The fourth-order valence-corrected chi connectivity index (χ4v) is 2.20. The number of methoxy groups -OCH3 is 1. The van der Waals surface area contributed by atoms with Crippen molar-refractivity contribution in [2.24, 2.45) is 0 Å². The molecule has 18 heavy (non-hydrogen) atoms. The maximum Gasteiger partial charge on any atom is 0.241 e. The molecule has 0 spiro atoms. The minimum Gasteiger partial charge on any atom is -0.495 e. The maximum atomic E-state index is 12.1. The van der Waals surface area contributed by atoms with E-state index in [1.54, 1.807) is 7.11 Å². The summed E-state index contributed by atoms with van der Waals surface area (Å²) in [6.45, 7) is 2.92. The summed E-state index contributed by atoms with van der Waals surface area (Å²) in [6, 6.07) is 5.69. The number of benzene rings is 1. The summed E-state index contributed by atoms with van der Waals surface area (Å²) in [7, 11) is 1.61. The largest absolute Gasteiger partial charge is 0.495 e. The van der Waals surface area contributed by atoms with E-state index in [1.165, 1.54) is 0 Å². The van der Waals surface area contributed by atoms with E-state index < -0.39 is 0 Å². The lowest BCUT2D eigenvalue weighted by Gasteiger charge is -2.23. The van der Waals surface area contributed by atoms with Crippen molar-refractivity contribution >= 4 is 11.6 Å². The van der Waals surface area contributed by atoms with Gasteiger partial charge in [0.25, 0.3) is 0 Å². The fourth-order valence-electron chi connectivity index (χ4n) is 2.20. The van der Waals surface area contributed by atoms with Crippen LogP contribution in [0.1, 0.15) is 24.8 Å². The predicted octanol–water partition coefficient (Wildman–Crippen LogP) is 2.08. The first kappa shape index (κ1) is 12.9. The van der Waals surface area contributed by atoms with Gasteiger partial charge in [-0.15, -0.1) is 0 Å². The van der Waals surface area contributed by atoms with Gasteiger partial charge in [-0.25, -0.2) is 0 Å². The van der Waals surface area contributed by atoms with E-state index in [9.17, 15) is 4.79 Å². The third-order valence-electron chi connectivity index (χ3n) is 3.24. The van der Waals surface area contributed by atoms with Gasteiger partial charge in [0.15, 0.2) is 0 Å². The number of nitrogens with one attached hydrogen (secondary N) is 2. The summed E-state index contributed by atoms with van der Waals surface area (Å²) in [4.78, 5) is 12.1. The number of carbonyl (C=O) groups is 1. The molecule has 0 bridgehead atoms. The molecule has 0 radical (unpaired) electrons. The number of ether oxygens (including phenoxy) is 1. The van der Waals surface area contributed by atoms with Crippen molar-refractivity contribution < 1.29 is 9.53 Å². The summed E-state index contributed by atoms with van der Waals surface area (Å²) < 4.78 is 5.28. The number of rotatable bonds is 3. The Morgan fingerprint density at radius 3 is 2.94 bits per heavy atom. The number of aryl methyl sites for hydroxylation is 1. The fraction of sp³-hybridized carbons (Fsp3) is 0.500. The molecule has 1 saturated heterocycles. The summed E-state index contributed by atoms with van der Waals surface area (Å²) in [5.41, 5.74) is 1.85.